The number of rotatable bonds is 4. The van der Waals surface area contributed by atoms with E-state index in [1.54, 1.807) is 29.6 Å². The van der Waals surface area contributed by atoms with E-state index in [2.05, 4.69) is 5.32 Å². The first-order valence-corrected chi connectivity index (χ1v) is 7.56. The van der Waals surface area contributed by atoms with Crippen LogP contribution in [0, 0.1) is 11.3 Å². The maximum absolute atomic E-state index is 12.0. The van der Waals surface area contributed by atoms with Crippen molar-refractivity contribution in [2.75, 3.05) is 6.54 Å². The van der Waals surface area contributed by atoms with Gasteiger partial charge in [0.1, 0.15) is 10.9 Å². The highest BCUT2D eigenvalue weighted by Crippen LogP contribution is 2.29. The fraction of sp³-hybridized carbons (Fsp3) is 0.143. The van der Waals surface area contributed by atoms with Gasteiger partial charge < -0.3 is 10.4 Å². The van der Waals surface area contributed by atoms with E-state index in [0.29, 0.717) is 26.0 Å². The molecular weight excluding hydrogens is 331 g/mol. The predicted molar refractivity (Wildman–Crippen MR) is 82.8 cm³/mol. The number of carbonyl (C=O) groups excluding carboxylic acids is 1. The molecule has 108 valence electrons. The van der Waals surface area contributed by atoms with Gasteiger partial charge in [-0.3, -0.25) is 4.79 Å². The summed E-state index contributed by atoms with van der Waals surface area (Å²) in [4.78, 5) is 12.3. The Morgan fingerprint density at radius 3 is 2.67 bits per heavy atom. The molecule has 0 aliphatic heterocycles. The average molecular weight is 341 g/mol. The monoisotopic (exact) mass is 340 g/mol. The number of nitrogens with zero attached hydrogens (tertiary/aromatic N) is 1. The molecule has 4 nitrogen and oxygen atoms in total. The van der Waals surface area contributed by atoms with Crippen molar-refractivity contribution in [3.8, 4) is 6.07 Å². The Hall–Kier alpha value is -1.58. The summed E-state index contributed by atoms with van der Waals surface area (Å²) in [6, 6.07) is 8.40. The summed E-state index contributed by atoms with van der Waals surface area (Å²) in [7, 11) is 0. The van der Waals surface area contributed by atoms with Crippen LogP contribution in [0.1, 0.15) is 26.9 Å². The number of aliphatic hydroxyl groups excluding tert-OH is 1. The first kappa shape index (κ1) is 15.8. The van der Waals surface area contributed by atoms with E-state index >= 15 is 0 Å². The molecule has 2 rings (SSSR count). The predicted octanol–water partition coefficient (Wildman–Crippen LogP) is 3.39. The minimum Gasteiger partial charge on any atom is -0.386 e. The minimum atomic E-state index is -1.03. The number of amides is 1. The Morgan fingerprint density at radius 2 is 2.05 bits per heavy atom. The number of halogens is 2. The molecule has 0 aliphatic carbocycles. The molecule has 1 amide bonds. The summed E-state index contributed by atoms with van der Waals surface area (Å²) in [6.45, 7) is -0.0505. The van der Waals surface area contributed by atoms with Gasteiger partial charge >= 0.3 is 0 Å². The van der Waals surface area contributed by atoms with Gasteiger partial charge in [-0.15, -0.1) is 11.3 Å². The number of aliphatic hydroxyl groups is 1. The van der Waals surface area contributed by atoms with Crippen molar-refractivity contribution in [3.63, 3.8) is 0 Å². The van der Waals surface area contributed by atoms with Crippen LogP contribution in [0.5, 0.6) is 0 Å². The lowest BCUT2D eigenvalue weighted by Gasteiger charge is -2.15. The number of nitrogens with one attached hydrogen (secondary N) is 1. The molecule has 7 heteroatoms. The molecule has 0 spiro atoms. The first-order chi connectivity index (χ1) is 10.0. The summed E-state index contributed by atoms with van der Waals surface area (Å²) in [6.07, 6.45) is -1.03. The second-order valence-corrected chi connectivity index (χ2v) is 5.87. The van der Waals surface area contributed by atoms with Crippen molar-refractivity contribution in [1.29, 1.82) is 5.26 Å². The normalized spacial score (nSPS) is 11.7. The van der Waals surface area contributed by atoms with E-state index in [-0.39, 0.29) is 6.54 Å². The van der Waals surface area contributed by atoms with Crippen molar-refractivity contribution in [2.45, 2.75) is 6.10 Å². The standard InChI is InChI=1S/C14H10Cl2N2O2S/c15-9-2-1-3-10(16)12(9)11(19)7-18-14(20)13-8(6-17)4-5-21-13/h1-5,11,19H,7H2,(H,18,20). The fourth-order valence-corrected chi connectivity index (χ4v) is 3.18. The second-order valence-electron chi connectivity index (χ2n) is 4.14. The Labute approximate surface area is 135 Å². The van der Waals surface area contributed by atoms with Gasteiger partial charge in [-0.1, -0.05) is 29.3 Å². The van der Waals surface area contributed by atoms with Gasteiger partial charge in [0.15, 0.2) is 0 Å². The van der Waals surface area contributed by atoms with Crippen molar-refractivity contribution in [1.82, 2.24) is 5.32 Å². The summed E-state index contributed by atoms with van der Waals surface area (Å²) < 4.78 is 0. The largest absolute Gasteiger partial charge is 0.386 e. The number of hydrogen-bond acceptors (Lipinski definition) is 4. The zero-order valence-corrected chi connectivity index (χ0v) is 13.0. The van der Waals surface area contributed by atoms with Crippen LogP contribution in [0.2, 0.25) is 10.0 Å². The van der Waals surface area contributed by atoms with E-state index in [0.717, 1.165) is 0 Å². The van der Waals surface area contributed by atoms with E-state index in [1.807, 2.05) is 6.07 Å². The summed E-state index contributed by atoms with van der Waals surface area (Å²) >= 11 is 13.1. The van der Waals surface area contributed by atoms with Crippen LogP contribution in [0.15, 0.2) is 29.6 Å². The van der Waals surface area contributed by atoms with Gasteiger partial charge in [0.05, 0.1) is 11.7 Å². The van der Waals surface area contributed by atoms with Crippen LogP contribution in [0.3, 0.4) is 0 Å². The molecule has 1 atom stereocenters. The van der Waals surface area contributed by atoms with Gasteiger partial charge in [0.25, 0.3) is 5.91 Å². The molecule has 2 aromatic rings. The number of nitriles is 1. The summed E-state index contributed by atoms with van der Waals surface area (Å²) in [5.41, 5.74) is 0.676. The quantitative estimate of drug-likeness (QED) is 0.895. The van der Waals surface area contributed by atoms with Gasteiger partial charge in [0.2, 0.25) is 0 Å². The molecule has 1 aromatic carbocycles. The number of hydrogen-bond donors (Lipinski definition) is 2. The average Bonchev–Trinajstić information content (AvgIpc) is 2.93. The van der Waals surface area contributed by atoms with E-state index < -0.39 is 12.0 Å². The smallest absolute Gasteiger partial charge is 0.262 e. The molecule has 1 heterocycles. The second kappa shape index (κ2) is 6.92. The molecular formula is C14H10Cl2N2O2S. The third kappa shape index (κ3) is 3.55. The van der Waals surface area contributed by atoms with Crippen LogP contribution in [0.25, 0.3) is 0 Å². The maximum atomic E-state index is 12.0. The molecule has 0 fully saturated rings. The Morgan fingerprint density at radius 1 is 1.38 bits per heavy atom. The van der Waals surface area contributed by atoms with Crippen LogP contribution in [-0.4, -0.2) is 17.6 Å². The molecule has 21 heavy (non-hydrogen) atoms. The number of thiophene rings is 1. The van der Waals surface area contributed by atoms with Gasteiger partial charge in [0, 0.05) is 22.2 Å². The molecule has 0 bridgehead atoms. The van der Waals surface area contributed by atoms with Crippen LogP contribution in [-0.2, 0) is 0 Å². The SMILES string of the molecule is N#Cc1ccsc1C(=O)NCC(O)c1c(Cl)cccc1Cl. The molecule has 0 radical (unpaired) electrons. The lowest BCUT2D eigenvalue weighted by molar-refractivity contribution is 0.0920. The highest BCUT2D eigenvalue weighted by atomic mass is 35.5. The van der Waals surface area contributed by atoms with E-state index in [1.165, 1.54) is 11.3 Å². The topological polar surface area (TPSA) is 73.1 Å². The zero-order chi connectivity index (χ0) is 15.4. The molecule has 0 saturated heterocycles. The van der Waals surface area contributed by atoms with E-state index in [9.17, 15) is 9.90 Å². The first-order valence-electron chi connectivity index (χ1n) is 5.92. The Kier molecular flexibility index (Phi) is 5.21. The molecule has 0 aliphatic rings. The highest BCUT2D eigenvalue weighted by Gasteiger charge is 2.18. The minimum absolute atomic E-state index is 0.0505. The van der Waals surface area contributed by atoms with Crippen LogP contribution >= 0.6 is 34.5 Å². The van der Waals surface area contributed by atoms with Crippen LogP contribution in [0.4, 0.5) is 0 Å². The lowest BCUT2D eigenvalue weighted by Crippen LogP contribution is -2.28. The van der Waals surface area contributed by atoms with Gasteiger partial charge in [-0.25, -0.2) is 0 Å². The molecule has 1 aromatic heterocycles. The van der Waals surface area contributed by atoms with E-state index in [4.69, 9.17) is 28.5 Å². The third-order valence-corrected chi connectivity index (χ3v) is 4.35. The lowest BCUT2D eigenvalue weighted by atomic mass is 10.1. The van der Waals surface area contributed by atoms with Crippen molar-refractivity contribution in [2.24, 2.45) is 0 Å². The molecule has 0 saturated carbocycles. The van der Waals surface area contributed by atoms with Gasteiger partial charge in [-0.05, 0) is 23.6 Å². The number of carbonyl (C=O) groups is 1. The van der Waals surface area contributed by atoms with Crippen molar-refractivity contribution in [3.05, 3.63) is 55.7 Å². The molecule has 1 unspecified atom stereocenters. The Balaban J connectivity index is 2.07. The molecule has 2 N–H and O–H groups in total. The maximum Gasteiger partial charge on any atom is 0.262 e. The van der Waals surface area contributed by atoms with Crippen molar-refractivity contribution >= 4 is 40.4 Å². The van der Waals surface area contributed by atoms with Crippen molar-refractivity contribution < 1.29 is 9.90 Å². The van der Waals surface area contributed by atoms with Crippen LogP contribution < -0.4 is 5.32 Å². The Bertz CT molecular complexity index is 689. The fourth-order valence-electron chi connectivity index (χ4n) is 1.77. The summed E-state index contributed by atoms with van der Waals surface area (Å²) in [5, 5.41) is 23.9. The highest BCUT2D eigenvalue weighted by molar-refractivity contribution is 7.12. The zero-order valence-electron chi connectivity index (χ0n) is 10.6. The third-order valence-electron chi connectivity index (χ3n) is 2.78. The van der Waals surface area contributed by atoms with Gasteiger partial charge in [-0.2, -0.15) is 5.26 Å². The number of benzene rings is 1. The summed E-state index contributed by atoms with van der Waals surface area (Å²) in [5.74, 6) is -0.413.